The summed E-state index contributed by atoms with van der Waals surface area (Å²) in [4.78, 5) is 0.214. The third-order valence-corrected chi connectivity index (χ3v) is 3.95. The Hall–Kier alpha value is -1.02. The van der Waals surface area contributed by atoms with Crippen LogP contribution in [0.4, 0.5) is 0 Å². The van der Waals surface area contributed by atoms with Gasteiger partial charge in [0.15, 0.2) is 0 Å². The van der Waals surface area contributed by atoms with Crippen LogP contribution in [0.15, 0.2) is 34.7 Å². The van der Waals surface area contributed by atoms with Crippen molar-refractivity contribution in [3.05, 3.63) is 58.5 Å². The van der Waals surface area contributed by atoms with E-state index in [0.717, 1.165) is 11.5 Å². The van der Waals surface area contributed by atoms with Crippen LogP contribution in [0.3, 0.4) is 0 Å². The lowest BCUT2D eigenvalue weighted by molar-refractivity contribution is 0.500. The molecule has 0 radical (unpaired) electrons. The van der Waals surface area contributed by atoms with Gasteiger partial charge in [-0.2, -0.15) is 0 Å². The third-order valence-electron chi connectivity index (χ3n) is 2.96. The molecule has 0 saturated carbocycles. The van der Waals surface area contributed by atoms with Gasteiger partial charge in [0.2, 0.25) is 0 Å². The zero-order valence-electron chi connectivity index (χ0n) is 9.75. The van der Waals surface area contributed by atoms with E-state index in [0.29, 0.717) is 0 Å². The first-order valence-electron chi connectivity index (χ1n) is 5.36. The molecular formula is C14H15BrO. The molecule has 0 saturated heterocycles. The molecule has 1 heterocycles. The maximum Gasteiger partial charge on any atom is 0.106 e. The minimum atomic E-state index is 0.214. The number of benzene rings is 1. The topological polar surface area (TPSA) is 13.1 Å². The van der Waals surface area contributed by atoms with Crippen LogP contribution in [0.2, 0.25) is 0 Å². The quantitative estimate of drug-likeness (QED) is 0.727. The fraction of sp³-hybridized carbons (Fsp3) is 0.286. The number of alkyl halides is 1. The fourth-order valence-electron chi connectivity index (χ4n) is 1.97. The second kappa shape index (κ2) is 4.46. The maximum atomic E-state index is 5.66. The SMILES string of the molecule is Cc1oc(C)c(C(Br)c2ccccc2)c1C. The number of rotatable bonds is 2. The van der Waals surface area contributed by atoms with Crippen LogP contribution in [-0.2, 0) is 0 Å². The summed E-state index contributed by atoms with van der Waals surface area (Å²) in [5, 5.41) is 0. The molecule has 1 atom stereocenters. The molecule has 2 rings (SSSR count). The first-order chi connectivity index (χ1) is 7.61. The van der Waals surface area contributed by atoms with Crippen molar-refractivity contribution in [1.29, 1.82) is 0 Å². The van der Waals surface area contributed by atoms with Crippen molar-refractivity contribution >= 4 is 15.9 Å². The van der Waals surface area contributed by atoms with E-state index < -0.39 is 0 Å². The number of hydrogen-bond acceptors (Lipinski definition) is 1. The maximum absolute atomic E-state index is 5.66. The van der Waals surface area contributed by atoms with Crippen LogP contribution in [0.5, 0.6) is 0 Å². The van der Waals surface area contributed by atoms with Crippen molar-refractivity contribution in [2.75, 3.05) is 0 Å². The van der Waals surface area contributed by atoms with Crippen LogP contribution in [0, 0.1) is 20.8 Å². The van der Waals surface area contributed by atoms with Crippen molar-refractivity contribution in [2.24, 2.45) is 0 Å². The normalized spacial score (nSPS) is 12.8. The van der Waals surface area contributed by atoms with Crippen molar-refractivity contribution in [3.8, 4) is 0 Å². The van der Waals surface area contributed by atoms with Crippen molar-refractivity contribution in [2.45, 2.75) is 25.6 Å². The zero-order valence-corrected chi connectivity index (χ0v) is 11.3. The summed E-state index contributed by atoms with van der Waals surface area (Å²) in [5.74, 6) is 2.01. The number of aryl methyl sites for hydroxylation is 2. The molecule has 2 heteroatoms. The highest BCUT2D eigenvalue weighted by Gasteiger charge is 2.19. The van der Waals surface area contributed by atoms with Crippen LogP contribution in [-0.4, -0.2) is 0 Å². The van der Waals surface area contributed by atoms with Crippen molar-refractivity contribution in [1.82, 2.24) is 0 Å². The molecule has 0 aliphatic rings. The predicted molar refractivity (Wildman–Crippen MR) is 70.1 cm³/mol. The molecular weight excluding hydrogens is 264 g/mol. The Balaban J connectivity index is 2.45. The zero-order chi connectivity index (χ0) is 11.7. The van der Waals surface area contributed by atoms with E-state index in [1.54, 1.807) is 0 Å². The lowest BCUT2D eigenvalue weighted by atomic mass is 10.0. The highest BCUT2D eigenvalue weighted by molar-refractivity contribution is 9.09. The first-order valence-corrected chi connectivity index (χ1v) is 6.28. The Morgan fingerprint density at radius 1 is 1.00 bits per heavy atom. The molecule has 0 N–H and O–H groups in total. The fourth-order valence-corrected chi connectivity index (χ4v) is 2.94. The molecule has 1 aromatic heterocycles. The molecule has 0 fully saturated rings. The molecule has 0 spiro atoms. The molecule has 0 aliphatic heterocycles. The predicted octanol–water partition coefficient (Wildman–Crippen LogP) is 4.69. The molecule has 1 nitrogen and oxygen atoms in total. The number of furan rings is 1. The third kappa shape index (κ3) is 1.94. The van der Waals surface area contributed by atoms with Gasteiger partial charge in [-0.15, -0.1) is 0 Å². The van der Waals surface area contributed by atoms with Gasteiger partial charge < -0.3 is 4.42 Å². The first kappa shape index (κ1) is 11.5. The van der Waals surface area contributed by atoms with Crippen molar-refractivity contribution in [3.63, 3.8) is 0 Å². The van der Waals surface area contributed by atoms with Crippen LogP contribution < -0.4 is 0 Å². The standard InChI is InChI=1S/C14H15BrO/c1-9-10(2)16-11(3)13(9)14(15)12-7-5-4-6-8-12/h4-8,14H,1-3H3. The van der Waals surface area contributed by atoms with Gasteiger partial charge in [0.25, 0.3) is 0 Å². The summed E-state index contributed by atoms with van der Waals surface area (Å²) in [5.41, 5.74) is 3.75. The van der Waals surface area contributed by atoms with E-state index in [9.17, 15) is 0 Å². The number of halogens is 1. The van der Waals surface area contributed by atoms with Gasteiger partial charge in [-0.1, -0.05) is 46.3 Å². The van der Waals surface area contributed by atoms with E-state index in [4.69, 9.17) is 4.42 Å². The monoisotopic (exact) mass is 278 g/mol. The average molecular weight is 279 g/mol. The van der Waals surface area contributed by atoms with Crippen LogP contribution in [0.1, 0.15) is 33.0 Å². The highest BCUT2D eigenvalue weighted by Crippen LogP contribution is 2.37. The number of hydrogen-bond donors (Lipinski definition) is 0. The van der Waals surface area contributed by atoms with E-state index >= 15 is 0 Å². The highest BCUT2D eigenvalue weighted by atomic mass is 79.9. The van der Waals surface area contributed by atoms with Crippen LogP contribution >= 0.6 is 15.9 Å². The molecule has 84 valence electrons. The smallest absolute Gasteiger partial charge is 0.106 e. The Morgan fingerprint density at radius 3 is 2.12 bits per heavy atom. The molecule has 16 heavy (non-hydrogen) atoms. The lowest BCUT2D eigenvalue weighted by Gasteiger charge is -2.10. The van der Waals surface area contributed by atoms with E-state index in [-0.39, 0.29) is 4.83 Å². The summed E-state index contributed by atoms with van der Waals surface area (Å²) < 4.78 is 5.66. The molecule has 2 aromatic rings. The molecule has 0 bridgehead atoms. The van der Waals surface area contributed by atoms with Crippen molar-refractivity contribution < 1.29 is 4.42 Å². The van der Waals surface area contributed by atoms with Gasteiger partial charge in [0.05, 0.1) is 4.83 Å². The average Bonchev–Trinajstić information content (AvgIpc) is 2.54. The summed E-state index contributed by atoms with van der Waals surface area (Å²) in [6.07, 6.45) is 0. The molecule has 1 aromatic carbocycles. The van der Waals surface area contributed by atoms with E-state index in [1.165, 1.54) is 16.7 Å². The minimum absolute atomic E-state index is 0.214. The summed E-state index contributed by atoms with van der Waals surface area (Å²) in [6.45, 7) is 6.14. The Bertz CT molecular complexity index is 485. The lowest BCUT2D eigenvalue weighted by Crippen LogP contribution is -1.95. The summed E-state index contributed by atoms with van der Waals surface area (Å²) in [7, 11) is 0. The van der Waals surface area contributed by atoms with Gasteiger partial charge in [-0.05, 0) is 31.9 Å². The van der Waals surface area contributed by atoms with Gasteiger partial charge >= 0.3 is 0 Å². The van der Waals surface area contributed by atoms with Gasteiger partial charge in [0.1, 0.15) is 11.5 Å². The summed E-state index contributed by atoms with van der Waals surface area (Å²) >= 11 is 3.75. The van der Waals surface area contributed by atoms with E-state index in [1.807, 2.05) is 19.9 Å². The summed E-state index contributed by atoms with van der Waals surface area (Å²) in [6, 6.07) is 10.4. The largest absolute Gasteiger partial charge is 0.466 e. The Morgan fingerprint density at radius 2 is 1.62 bits per heavy atom. The van der Waals surface area contributed by atoms with E-state index in [2.05, 4.69) is 47.1 Å². The molecule has 0 aliphatic carbocycles. The second-order valence-corrected chi connectivity index (χ2v) is 4.94. The minimum Gasteiger partial charge on any atom is -0.466 e. The molecule has 0 amide bonds. The molecule has 1 unspecified atom stereocenters. The van der Waals surface area contributed by atoms with Gasteiger partial charge in [-0.25, -0.2) is 0 Å². The van der Waals surface area contributed by atoms with Gasteiger partial charge in [0, 0.05) is 5.56 Å². The Kier molecular flexibility index (Phi) is 3.20. The van der Waals surface area contributed by atoms with Crippen LogP contribution in [0.25, 0.3) is 0 Å². The second-order valence-electron chi connectivity index (χ2n) is 4.03. The Labute approximate surface area is 105 Å². The van der Waals surface area contributed by atoms with Gasteiger partial charge in [-0.3, -0.25) is 0 Å².